The average Bonchev–Trinajstić information content (AvgIpc) is 2.35. The number of anilines is 1. The number of hydrogen-bond acceptors (Lipinski definition) is 4. The van der Waals surface area contributed by atoms with E-state index in [0.717, 1.165) is 6.07 Å². The first-order valence-corrected chi connectivity index (χ1v) is 5.81. The second kappa shape index (κ2) is 5.77. The second-order valence-electron chi connectivity index (χ2n) is 4.24. The van der Waals surface area contributed by atoms with Gasteiger partial charge in [0.05, 0.1) is 16.6 Å². The smallest absolute Gasteiger partial charge is 0.274 e. The van der Waals surface area contributed by atoms with Crippen molar-refractivity contribution in [2.45, 2.75) is 32.3 Å². The van der Waals surface area contributed by atoms with Crippen LogP contribution in [0.5, 0.6) is 0 Å². The number of benzene rings is 1. The first kappa shape index (κ1) is 14.4. The highest BCUT2D eigenvalue weighted by atomic mass is 19.1. The van der Waals surface area contributed by atoms with E-state index in [1.807, 2.05) is 13.8 Å². The third kappa shape index (κ3) is 3.66. The van der Waals surface area contributed by atoms with Crippen LogP contribution >= 0.6 is 0 Å². The van der Waals surface area contributed by atoms with Crippen LogP contribution in [0.1, 0.15) is 26.7 Å². The highest BCUT2D eigenvalue weighted by Gasteiger charge is 2.22. The molecule has 0 saturated carbocycles. The minimum Gasteiger partial charge on any atom is -0.388 e. The van der Waals surface area contributed by atoms with Gasteiger partial charge in [0.1, 0.15) is 5.82 Å². The molecule has 6 heteroatoms. The van der Waals surface area contributed by atoms with Gasteiger partial charge in [-0.1, -0.05) is 13.8 Å². The van der Waals surface area contributed by atoms with Crippen molar-refractivity contribution < 1.29 is 14.4 Å². The summed E-state index contributed by atoms with van der Waals surface area (Å²) in [4.78, 5) is 9.93. The maximum absolute atomic E-state index is 13.2. The number of nitrogens with zero attached hydrogens (tertiary/aromatic N) is 1. The van der Waals surface area contributed by atoms with Crippen LogP contribution in [0.4, 0.5) is 15.8 Å². The maximum atomic E-state index is 13.2. The summed E-state index contributed by atoms with van der Waals surface area (Å²) in [5, 5.41) is 23.5. The topological polar surface area (TPSA) is 75.4 Å². The number of nitro groups is 1. The lowest BCUT2D eigenvalue weighted by Gasteiger charge is -2.25. The molecular formula is C12H17FN2O3. The molecule has 0 spiro atoms. The molecule has 0 amide bonds. The molecule has 2 N–H and O–H groups in total. The molecule has 0 heterocycles. The number of non-ortho nitro benzene ring substituents is 1. The van der Waals surface area contributed by atoms with Crippen LogP contribution in [0.25, 0.3) is 0 Å². The number of nitro benzene ring substituents is 1. The van der Waals surface area contributed by atoms with E-state index in [2.05, 4.69) is 5.32 Å². The zero-order valence-electron chi connectivity index (χ0n) is 10.4. The summed E-state index contributed by atoms with van der Waals surface area (Å²) >= 11 is 0. The van der Waals surface area contributed by atoms with Gasteiger partial charge in [-0.15, -0.1) is 0 Å². The number of aliphatic hydroxyl groups is 1. The maximum Gasteiger partial charge on any atom is 0.274 e. The first-order chi connectivity index (χ1) is 8.40. The number of nitrogens with one attached hydrogen (secondary N) is 1. The summed E-state index contributed by atoms with van der Waals surface area (Å²) in [5.41, 5.74) is -0.905. The molecule has 5 nitrogen and oxygen atoms in total. The van der Waals surface area contributed by atoms with E-state index in [4.69, 9.17) is 0 Å². The lowest BCUT2D eigenvalue weighted by Crippen LogP contribution is -2.35. The summed E-state index contributed by atoms with van der Waals surface area (Å²) < 4.78 is 13.2. The van der Waals surface area contributed by atoms with E-state index >= 15 is 0 Å². The van der Waals surface area contributed by atoms with Gasteiger partial charge in [0, 0.05) is 18.3 Å². The third-order valence-corrected chi connectivity index (χ3v) is 3.03. The normalized spacial score (nSPS) is 11.3. The van der Waals surface area contributed by atoms with Crippen LogP contribution in [0.15, 0.2) is 18.2 Å². The molecule has 0 aliphatic carbocycles. The molecule has 0 saturated heterocycles. The van der Waals surface area contributed by atoms with E-state index in [1.165, 1.54) is 12.1 Å². The van der Waals surface area contributed by atoms with Crippen LogP contribution in [-0.2, 0) is 0 Å². The molecule has 1 aromatic rings. The Hall–Kier alpha value is -1.69. The third-order valence-electron chi connectivity index (χ3n) is 3.03. The zero-order chi connectivity index (χ0) is 13.8. The Kier molecular flexibility index (Phi) is 4.61. The second-order valence-corrected chi connectivity index (χ2v) is 4.24. The van der Waals surface area contributed by atoms with Crippen molar-refractivity contribution in [3.63, 3.8) is 0 Å². The van der Waals surface area contributed by atoms with Gasteiger partial charge in [0.2, 0.25) is 0 Å². The van der Waals surface area contributed by atoms with Crippen molar-refractivity contribution in [1.29, 1.82) is 0 Å². The predicted octanol–water partition coefficient (Wildman–Crippen LogP) is 2.70. The molecule has 100 valence electrons. The van der Waals surface area contributed by atoms with E-state index in [1.54, 1.807) is 0 Å². The summed E-state index contributed by atoms with van der Waals surface area (Å²) in [7, 11) is 0. The van der Waals surface area contributed by atoms with Crippen LogP contribution in [-0.4, -0.2) is 22.2 Å². The summed E-state index contributed by atoms with van der Waals surface area (Å²) in [5.74, 6) is -0.678. The SMILES string of the molecule is CCC(O)(CC)CNc1cc(F)cc([N+](=O)[O-])c1. The minimum atomic E-state index is -0.888. The Morgan fingerprint density at radius 3 is 2.50 bits per heavy atom. The number of hydrogen-bond donors (Lipinski definition) is 2. The molecule has 0 aromatic heterocycles. The monoisotopic (exact) mass is 256 g/mol. The van der Waals surface area contributed by atoms with Gasteiger partial charge in [-0.05, 0) is 18.9 Å². The molecule has 18 heavy (non-hydrogen) atoms. The number of rotatable bonds is 6. The van der Waals surface area contributed by atoms with Crippen molar-refractivity contribution >= 4 is 11.4 Å². The van der Waals surface area contributed by atoms with Crippen molar-refractivity contribution in [3.8, 4) is 0 Å². The van der Waals surface area contributed by atoms with Crippen LogP contribution in [0, 0.1) is 15.9 Å². The van der Waals surface area contributed by atoms with Crippen LogP contribution < -0.4 is 5.32 Å². The molecule has 0 atom stereocenters. The Morgan fingerprint density at radius 1 is 1.39 bits per heavy atom. The van der Waals surface area contributed by atoms with Crippen LogP contribution in [0.3, 0.4) is 0 Å². The van der Waals surface area contributed by atoms with Crippen molar-refractivity contribution in [2.75, 3.05) is 11.9 Å². The van der Waals surface area contributed by atoms with E-state index in [9.17, 15) is 19.6 Å². The van der Waals surface area contributed by atoms with Gasteiger partial charge < -0.3 is 10.4 Å². The highest BCUT2D eigenvalue weighted by molar-refractivity contribution is 5.51. The summed E-state index contributed by atoms with van der Waals surface area (Å²) in [6, 6.07) is 3.27. The fraction of sp³-hybridized carbons (Fsp3) is 0.500. The lowest BCUT2D eigenvalue weighted by atomic mass is 9.97. The quantitative estimate of drug-likeness (QED) is 0.606. The fourth-order valence-corrected chi connectivity index (χ4v) is 1.55. The predicted molar refractivity (Wildman–Crippen MR) is 67.1 cm³/mol. The molecule has 0 aliphatic rings. The summed E-state index contributed by atoms with van der Waals surface area (Å²) in [6.07, 6.45) is 1.10. The lowest BCUT2D eigenvalue weighted by molar-refractivity contribution is -0.385. The van der Waals surface area contributed by atoms with Gasteiger partial charge in [-0.25, -0.2) is 4.39 Å². The molecule has 0 fully saturated rings. The van der Waals surface area contributed by atoms with Crippen LogP contribution in [0.2, 0.25) is 0 Å². The first-order valence-electron chi connectivity index (χ1n) is 5.81. The van der Waals surface area contributed by atoms with Gasteiger partial charge in [0.15, 0.2) is 0 Å². The molecular weight excluding hydrogens is 239 g/mol. The Bertz CT molecular complexity index is 433. The minimum absolute atomic E-state index is 0.223. The molecule has 0 bridgehead atoms. The van der Waals surface area contributed by atoms with Crippen molar-refractivity contribution in [3.05, 3.63) is 34.1 Å². The molecule has 0 aliphatic heterocycles. The standard InChI is InChI=1S/C12H17FN2O3/c1-3-12(16,4-2)8-14-10-5-9(13)6-11(7-10)15(17)18/h5-7,14,16H,3-4,8H2,1-2H3. The summed E-state index contributed by atoms with van der Waals surface area (Å²) in [6.45, 7) is 3.92. The molecule has 0 radical (unpaired) electrons. The Morgan fingerprint density at radius 2 is 2.00 bits per heavy atom. The van der Waals surface area contributed by atoms with E-state index < -0.39 is 16.3 Å². The molecule has 1 rings (SSSR count). The molecule has 1 aromatic carbocycles. The van der Waals surface area contributed by atoms with Crippen molar-refractivity contribution in [2.24, 2.45) is 0 Å². The zero-order valence-corrected chi connectivity index (χ0v) is 10.4. The average molecular weight is 256 g/mol. The fourth-order valence-electron chi connectivity index (χ4n) is 1.55. The van der Waals surface area contributed by atoms with Crippen molar-refractivity contribution in [1.82, 2.24) is 0 Å². The Labute approximate surface area is 105 Å². The van der Waals surface area contributed by atoms with E-state index in [-0.39, 0.29) is 12.2 Å². The van der Waals surface area contributed by atoms with Gasteiger partial charge in [0.25, 0.3) is 5.69 Å². The van der Waals surface area contributed by atoms with Gasteiger partial charge >= 0.3 is 0 Å². The van der Waals surface area contributed by atoms with Gasteiger partial charge in [-0.3, -0.25) is 10.1 Å². The number of halogens is 1. The molecule has 0 unspecified atom stereocenters. The highest BCUT2D eigenvalue weighted by Crippen LogP contribution is 2.22. The van der Waals surface area contributed by atoms with Gasteiger partial charge in [-0.2, -0.15) is 0 Å². The largest absolute Gasteiger partial charge is 0.388 e. The van der Waals surface area contributed by atoms with E-state index in [0.29, 0.717) is 18.5 Å². The Balaban J connectivity index is 2.82.